The minimum Gasteiger partial charge on any atom is -0.326 e. The summed E-state index contributed by atoms with van der Waals surface area (Å²) < 4.78 is 2.13. The monoisotopic (exact) mass is 189 g/mol. The van der Waals surface area contributed by atoms with E-state index in [1.807, 2.05) is 24.5 Å². The predicted molar refractivity (Wildman–Crippen MR) is 57.1 cm³/mol. The molecule has 0 atom stereocenters. The third kappa shape index (κ3) is 1.40. The molecule has 0 saturated heterocycles. The topological polar surface area (TPSA) is 43.3 Å². The molecule has 2 heterocycles. The highest BCUT2D eigenvalue weighted by Crippen LogP contribution is 2.13. The molecule has 0 unspecified atom stereocenters. The Morgan fingerprint density at radius 1 is 1.50 bits per heavy atom. The van der Waals surface area contributed by atoms with E-state index < -0.39 is 0 Å². The number of aromatic nitrogens is 2. The Hall–Kier alpha value is -1.35. The third-order valence-corrected chi connectivity index (χ3v) is 2.43. The maximum atomic E-state index is 5.66. The fourth-order valence-electron chi connectivity index (χ4n) is 1.71. The number of nitrogens with two attached hydrogens (primary N) is 1. The van der Waals surface area contributed by atoms with Crippen LogP contribution >= 0.6 is 0 Å². The van der Waals surface area contributed by atoms with E-state index in [1.165, 1.54) is 0 Å². The van der Waals surface area contributed by atoms with Gasteiger partial charge in [-0.15, -0.1) is 0 Å². The molecule has 0 aromatic carbocycles. The number of rotatable bonds is 3. The van der Waals surface area contributed by atoms with Crippen molar-refractivity contribution in [2.75, 3.05) is 0 Å². The molecule has 0 saturated carbocycles. The molecule has 0 aliphatic rings. The minimum atomic E-state index is 0.571. The van der Waals surface area contributed by atoms with Crippen molar-refractivity contribution in [3.63, 3.8) is 0 Å². The normalized spacial score (nSPS) is 11.0. The van der Waals surface area contributed by atoms with Gasteiger partial charge >= 0.3 is 0 Å². The van der Waals surface area contributed by atoms with Crippen molar-refractivity contribution in [1.82, 2.24) is 9.38 Å². The number of pyridine rings is 1. The van der Waals surface area contributed by atoms with Crippen LogP contribution in [0.15, 0.2) is 24.5 Å². The van der Waals surface area contributed by atoms with Gasteiger partial charge in [0.05, 0.1) is 11.7 Å². The van der Waals surface area contributed by atoms with Gasteiger partial charge in [0, 0.05) is 19.2 Å². The number of aryl methyl sites for hydroxylation is 1. The summed E-state index contributed by atoms with van der Waals surface area (Å²) in [6.45, 7) is 2.73. The maximum absolute atomic E-state index is 5.66. The van der Waals surface area contributed by atoms with Crippen LogP contribution in [0.1, 0.15) is 24.7 Å². The fraction of sp³-hybridized carbons (Fsp3) is 0.364. The molecule has 0 aliphatic heterocycles. The summed E-state index contributed by atoms with van der Waals surface area (Å²) in [5.41, 5.74) is 7.95. The average Bonchev–Trinajstić information content (AvgIpc) is 2.62. The first-order valence-electron chi connectivity index (χ1n) is 5.00. The fourth-order valence-corrected chi connectivity index (χ4v) is 1.71. The number of imidazole rings is 1. The van der Waals surface area contributed by atoms with Gasteiger partial charge < -0.3 is 10.1 Å². The summed E-state index contributed by atoms with van der Waals surface area (Å²) in [5.74, 6) is 1.12. The molecule has 3 heteroatoms. The second kappa shape index (κ2) is 3.80. The van der Waals surface area contributed by atoms with Crippen molar-refractivity contribution >= 4 is 5.52 Å². The molecule has 0 spiro atoms. The summed E-state index contributed by atoms with van der Waals surface area (Å²) in [6, 6.07) is 4.07. The molecule has 14 heavy (non-hydrogen) atoms. The Balaban J connectivity index is 2.57. The van der Waals surface area contributed by atoms with Crippen molar-refractivity contribution < 1.29 is 0 Å². The first kappa shape index (κ1) is 9.21. The maximum Gasteiger partial charge on any atom is 0.113 e. The number of fused-ring (bicyclic) bond motifs is 1. The largest absolute Gasteiger partial charge is 0.326 e. The standard InChI is InChI=1S/C11H15N3/c1-2-4-11-13-8-10-9(7-12)5-3-6-14(10)11/h3,5-6,8H,2,4,7,12H2,1H3. The van der Waals surface area contributed by atoms with Gasteiger partial charge in [0.1, 0.15) is 5.82 Å². The molecule has 2 rings (SSSR count). The van der Waals surface area contributed by atoms with E-state index in [0.29, 0.717) is 6.54 Å². The first-order chi connectivity index (χ1) is 6.86. The molecular formula is C11H15N3. The van der Waals surface area contributed by atoms with E-state index in [0.717, 1.165) is 29.7 Å². The van der Waals surface area contributed by atoms with Crippen LogP contribution in [0.5, 0.6) is 0 Å². The van der Waals surface area contributed by atoms with E-state index in [9.17, 15) is 0 Å². The molecule has 0 amide bonds. The zero-order valence-electron chi connectivity index (χ0n) is 8.40. The van der Waals surface area contributed by atoms with Gasteiger partial charge in [0.2, 0.25) is 0 Å². The van der Waals surface area contributed by atoms with E-state index in [-0.39, 0.29) is 0 Å². The van der Waals surface area contributed by atoms with Crippen molar-refractivity contribution in [3.05, 3.63) is 35.9 Å². The lowest BCUT2D eigenvalue weighted by atomic mass is 10.2. The van der Waals surface area contributed by atoms with Gasteiger partial charge in [-0.1, -0.05) is 13.0 Å². The molecule has 74 valence electrons. The van der Waals surface area contributed by atoms with Gasteiger partial charge in [-0.25, -0.2) is 4.98 Å². The smallest absolute Gasteiger partial charge is 0.113 e. The predicted octanol–water partition coefficient (Wildman–Crippen LogP) is 1.75. The van der Waals surface area contributed by atoms with Gasteiger partial charge in [0.25, 0.3) is 0 Å². The van der Waals surface area contributed by atoms with Gasteiger partial charge in [-0.05, 0) is 18.1 Å². The highest BCUT2D eigenvalue weighted by molar-refractivity contribution is 5.53. The molecule has 0 radical (unpaired) electrons. The van der Waals surface area contributed by atoms with Gasteiger partial charge in [0.15, 0.2) is 0 Å². The SMILES string of the molecule is CCCc1ncc2c(CN)cccn12. The minimum absolute atomic E-state index is 0.571. The Morgan fingerprint density at radius 2 is 2.36 bits per heavy atom. The zero-order valence-corrected chi connectivity index (χ0v) is 8.40. The third-order valence-electron chi connectivity index (χ3n) is 2.43. The summed E-state index contributed by atoms with van der Waals surface area (Å²) in [4.78, 5) is 4.40. The Bertz CT molecular complexity index is 431. The Kier molecular flexibility index (Phi) is 2.50. The van der Waals surface area contributed by atoms with E-state index in [1.54, 1.807) is 0 Å². The number of hydrogen-bond acceptors (Lipinski definition) is 2. The first-order valence-corrected chi connectivity index (χ1v) is 5.00. The van der Waals surface area contributed by atoms with Crippen LogP contribution < -0.4 is 5.73 Å². The van der Waals surface area contributed by atoms with Gasteiger partial charge in [-0.2, -0.15) is 0 Å². The van der Waals surface area contributed by atoms with Crippen LogP contribution in [0.2, 0.25) is 0 Å². The van der Waals surface area contributed by atoms with Crippen molar-refractivity contribution in [1.29, 1.82) is 0 Å². The molecular weight excluding hydrogens is 174 g/mol. The van der Waals surface area contributed by atoms with Crippen LogP contribution in [0, 0.1) is 0 Å². The summed E-state index contributed by atoms with van der Waals surface area (Å²) in [5, 5.41) is 0. The molecule has 0 aliphatic carbocycles. The second-order valence-corrected chi connectivity index (χ2v) is 3.42. The average molecular weight is 189 g/mol. The van der Waals surface area contributed by atoms with Crippen LogP contribution in [0.3, 0.4) is 0 Å². The number of nitrogens with zero attached hydrogens (tertiary/aromatic N) is 2. The second-order valence-electron chi connectivity index (χ2n) is 3.42. The van der Waals surface area contributed by atoms with E-state index in [4.69, 9.17) is 5.73 Å². The molecule has 3 nitrogen and oxygen atoms in total. The Morgan fingerprint density at radius 3 is 3.07 bits per heavy atom. The molecule has 2 aromatic heterocycles. The van der Waals surface area contributed by atoms with Crippen LogP contribution in [-0.4, -0.2) is 9.38 Å². The van der Waals surface area contributed by atoms with Crippen LogP contribution in [0.4, 0.5) is 0 Å². The van der Waals surface area contributed by atoms with Crippen LogP contribution in [0.25, 0.3) is 5.52 Å². The van der Waals surface area contributed by atoms with Gasteiger partial charge in [-0.3, -0.25) is 0 Å². The van der Waals surface area contributed by atoms with Crippen molar-refractivity contribution in [2.45, 2.75) is 26.3 Å². The van der Waals surface area contributed by atoms with E-state index >= 15 is 0 Å². The molecule has 0 fully saturated rings. The Labute approximate surface area is 83.6 Å². The van der Waals surface area contributed by atoms with E-state index in [2.05, 4.69) is 16.3 Å². The van der Waals surface area contributed by atoms with Crippen molar-refractivity contribution in [3.8, 4) is 0 Å². The zero-order chi connectivity index (χ0) is 9.97. The summed E-state index contributed by atoms with van der Waals surface area (Å²) in [6.07, 6.45) is 6.09. The lowest BCUT2D eigenvalue weighted by Gasteiger charge is -2.02. The van der Waals surface area contributed by atoms with Crippen LogP contribution in [-0.2, 0) is 13.0 Å². The lowest BCUT2D eigenvalue weighted by molar-refractivity contribution is 0.829. The summed E-state index contributed by atoms with van der Waals surface area (Å²) in [7, 11) is 0. The quantitative estimate of drug-likeness (QED) is 0.799. The highest BCUT2D eigenvalue weighted by Gasteiger charge is 2.04. The highest BCUT2D eigenvalue weighted by atomic mass is 15.0. The summed E-state index contributed by atoms with van der Waals surface area (Å²) >= 11 is 0. The van der Waals surface area contributed by atoms with Crippen molar-refractivity contribution in [2.24, 2.45) is 5.73 Å². The lowest BCUT2D eigenvalue weighted by Crippen LogP contribution is -2.00. The number of hydrogen-bond donors (Lipinski definition) is 1. The molecule has 0 bridgehead atoms. The molecule has 2 N–H and O–H groups in total. The molecule has 2 aromatic rings.